The van der Waals surface area contributed by atoms with E-state index in [1.165, 1.54) is 96.3 Å². The minimum Gasteiger partial charge on any atom is -0.462 e. The minimum absolute atomic E-state index is 0.0897. The van der Waals surface area contributed by atoms with Crippen molar-refractivity contribution in [1.82, 2.24) is 0 Å². The van der Waals surface area contributed by atoms with Crippen LogP contribution in [-0.2, 0) is 28.6 Å². The highest BCUT2D eigenvalue weighted by atomic mass is 16.6. The maximum atomic E-state index is 12.9. The van der Waals surface area contributed by atoms with Crippen molar-refractivity contribution in [3.05, 3.63) is 134 Å². The van der Waals surface area contributed by atoms with Crippen molar-refractivity contribution in [1.29, 1.82) is 0 Å². The molecule has 1 unspecified atom stereocenters. The Morgan fingerprint density at radius 2 is 0.500 bits per heavy atom. The predicted octanol–water partition coefficient (Wildman–Crippen LogP) is 22.2. The summed E-state index contributed by atoms with van der Waals surface area (Å²) < 4.78 is 16.9. The van der Waals surface area contributed by atoms with Crippen LogP contribution in [0.2, 0.25) is 0 Å². The molecular weight excluding hydrogens is 961 g/mol. The van der Waals surface area contributed by atoms with E-state index in [2.05, 4.69) is 154 Å². The van der Waals surface area contributed by atoms with Gasteiger partial charge in [-0.2, -0.15) is 0 Å². The summed E-state index contributed by atoms with van der Waals surface area (Å²) in [6, 6.07) is 0. The lowest BCUT2D eigenvalue weighted by molar-refractivity contribution is -0.167. The molecule has 0 aromatic carbocycles. The zero-order chi connectivity index (χ0) is 56.4. The Hall–Kier alpha value is -4.45. The van der Waals surface area contributed by atoms with E-state index in [-0.39, 0.29) is 31.1 Å². The molecule has 0 saturated carbocycles. The molecule has 0 fully saturated rings. The van der Waals surface area contributed by atoms with Crippen LogP contribution in [-0.4, -0.2) is 37.2 Å². The maximum absolute atomic E-state index is 12.9. The van der Waals surface area contributed by atoms with Crippen LogP contribution in [0.1, 0.15) is 284 Å². The van der Waals surface area contributed by atoms with Crippen molar-refractivity contribution < 1.29 is 28.6 Å². The molecule has 0 N–H and O–H groups in total. The molecule has 0 aliphatic heterocycles. The molecule has 0 rings (SSSR count). The SMILES string of the molecule is CC/C=C\C/C=C\C/C=C\C/C=C\C/C=C\CCCCCCCCCCCCCC(=O)OCC(COC(=O)CCCCCCC/C=C\CCC)OC(=O)CCCCCCCCC/C=C\C/C=C\C/C=C\C/C=C\C/C=C\CC. The van der Waals surface area contributed by atoms with Crippen LogP contribution in [0, 0.1) is 0 Å². The number of allylic oxidation sites excluding steroid dienone is 22. The average Bonchev–Trinajstić information content (AvgIpc) is 3.44. The highest BCUT2D eigenvalue weighted by Gasteiger charge is 2.19. The molecule has 1 atom stereocenters. The molecule has 78 heavy (non-hydrogen) atoms. The first-order chi connectivity index (χ1) is 38.5. The highest BCUT2D eigenvalue weighted by molar-refractivity contribution is 5.71. The van der Waals surface area contributed by atoms with E-state index in [0.717, 1.165) is 148 Å². The summed E-state index contributed by atoms with van der Waals surface area (Å²) in [6.07, 6.45) is 91.8. The zero-order valence-corrected chi connectivity index (χ0v) is 50.6. The van der Waals surface area contributed by atoms with Gasteiger partial charge in [-0.25, -0.2) is 0 Å². The summed E-state index contributed by atoms with van der Waals surface area (Å²) in [5.74, 6) is -0.913. The fourth-order valence-corrected chi connectivity index (χ4v) is 8.62. The molecule has 0 amide bonds. The molecule has 0 spiro atoms. The average molecular weight is 1080 g/mol. The third kappa shape index (κ3) is 62.4. The Morgan fingerprint density at radius 1 is 0.269 bits per heavy atom. The number of esters is 3. The molecule has 6 heteroatoms. The van der Waals surface area contributed by atoms with E-state index in [9.17, 15) is 14.4 Å². The Bertz CT molecular complexity index is 1670. The van der Waals surface area contributed by atoms with E-state index in [4.69, 9.17) is 14.2 Å². The van der Waals surface area contributed by atoms with Crippen molar-refractivity contribution in [3.63, 3.8) is 0 Å². The van der Waals surface area contributed by atoms with Gasteiger partial charge in [0.15, 0.2) is 6.10 Å². The number of rotatable bonds is 57. The molecular formula is C72H118O6. The van der Waals surface area contributed by atoms with Crippen molar-refractivity contribution >= 4 is 17.9 Å². The Kier molecular flexibility index (Phi) is 61.4. The summed E-state index contributed by atoms with van der Waals surface area (Å²) in [4.78, 5) is 38.3. The van der Waals surface area contributed by atoms with E-state index < -0.39 is 6.10 Å². The second kappa shape index (κ2) is 65.1. The smallest absolute Gasteiger partial charge is 0.306 e. The summed E-state index contributed by atoms with van der Waals surface area (Å²) in [6.45, 7) is 6.34. The monoisotopic (exact) mass is 1080 g/mol. The van der Waals surface area contributed by atoms with Crippen LogP contribution in [0.4, 0.5) is 0 Å². The van der Waals surface area contributed by atoms with Crippen LogP contribution in [0.25, 0.3) is 0 Å². The zero-order valence-electron chi connectivity index (χ0n) is 50.6. The van der Waals surface area contributed by atoms with Crippen molar-refractivity contribution in [2.24, 2.45) is 0 Å². The highest BCUT2D eigenvalue weighted by Crippen LogP contribution is 2.15. The van der Waals surface area contributed by atoms with E-state index in [0.29, 0.717) is 19.3 Å². The molecule has 0 aromatic heterocycles. The Labute approximate surface area is 481 Å². The fourth-order valence-electron chi connectivity index (χ4n) is 8.62. The second-order valence-electron chi connectivity index (χ2n) is 20.9. The molecule has 6 nitrogen and oxygen atoms in total. The molecule has 0 aromatic rings. The van der Waals surface area contributed by atoms with Gasteiger partial charge < -0.3 is 14.2 Å². The van der Waals surface area contributed by atoms with Gasteiger partial charge in [-0.05, 0) is 128 Å². The van der Waals surface area contributed by atoms with Gasteiger partial charge in [0.2, 0.25) is 0 Å². The molecule has 0 heterocycles. The fraction of sp³-hybridized carbons (Fsp3) is 0.653. The number of unbranched alkanes of at least 4 members (excludes halogenated alkanes) is 24. The molecule has 0 saturated heterocycles. The van der Waals surface area contributed by atoms with Gasteiger partial charge in [-0.15, -0.1) is 0 Å². The number of carbonyl (C=O) groups excluding carboxylic acids is 3. The van der Waals surface area contributed by atoms with Crippen LogP contribution in [0.5, 0.6) is 0 Å². The largest absolute Gasteiger partial charge is 0.462 e. The van der Waals surface area contributed by atoms with Gasteiger partial charge in [-0.1, -0.05) is 270 Å². The predicted molar refractivity (Wildman–Crippen MR) is 339 cm³/mol. The molecule has 0 aliphatic rings. The van der Waals surface area contributed by atoms with Crippen molar-refractivity contribution in [2.45, 2.75) is 290 Å². The third-order valence-corrected chi connectivity index (χ3v) is 13.4. The van der Waals surface area contributed by atoms with Gasteiger partial charge in [-0.3, -0.25) is 14.4 Å². The lowest BCUT2D eigenvalue weighted by atomic mass is 10.0. The second-order valence-corrected chi connectivity index (χ2v) is 20.9. The quantitative estimate of drug-likeness (QED) is 0.0261. The number of ether oxygens (including phenoxy) is 3. The first-order valence-corrected chi connectivity index (χ1v) is 32.2. The lowest BCUT2D eigenvalue weighted by Crippen LogP contribution is -2.30. The van der Waals surface area contributed by atoms with Crippen LogP contribution in [0.15, 0.2) is 134 Å². The maximum Gasteiger partial charge on any atom is 0.306 e. The first-order valence-electron chi connectivity index (χ1n) is 32.2. The van der Waals surface area contributed by atoms with Gasteiger partial charge >= 0.3 is 17.9 Å². The summed E-state index contributed by atoms with van der Waals surface area (Å²) in [5, 5.41) is 0. The number of hydrogen-bond acceptors (Lipinski definition) is 6. The third-order valence-electron chi connectivity index (χ3n) is 13.4. The van der Waals surface area contributed by atoms with Crippen molar-refractivity contribution in [2.75, 3.05) is 13.2 Å². The van der Waals surface area contributed by atoms with Crippen LogP contribution in [0.3, 0.4) is 0 Å². The standard InChI is InChI=1S/C72H118O6/c1-4-7-10-13-16-19-22-24-26-28-30-32-34-35-36-37-39-40-42-44-46-48-50-53-56-59-62-65-71(74)77-68-69(67-76-70(73)64-61-58-55-52-21-18-15-12-9-6-3)78-72(75)66-63-60-57-54-51-49-47-45-43-41-38-33-31-29-27-25-23-20-17-14-11-8-5-2/h7-8,10-12,15-17,19-20,24-27,30-33,35-36,41,43,69H,4-6,9,13-14,18,21-23,28-29,34,37-40,42,44-68H2,1-3H3/b10-7-,11-8-,15-12-,19-16-,20-17-,26-24-,27-25-,32-30-,33-31-,36-35-,43-41-. The summed E-state index contributed by atoms with van der Waals surface area (Å²) in [7, 11) is 0. The molecule has 442 valence electrons. The lowest BCUT2D eigenvalue weighted by Gasteiger charge is -2.18. The Morgan fingerprint density at radius 3 is 0.795 bits per heavy atom. The van der Waals surface area contributed by atoms with Gasteiger partial charge in [0.05, 0.1) is 0 Å². The van der Waals surface area contributed by atoms with Gasteiger partial charge in [0, 0.05) is 19.3 Å². The number of carbonyl (C=O) groups is 3. The van der Waals surface area contributed by atoms with Crippen molar-refractivity contribution in [3.8, 4) is 0 Å². The molecule has 0 aliphatic carbocycles. The van der Waals surface area contributed by atoms with Gasteiger partial charge in [0.1, 0.15) is 13.2 Å². The van der Waals surface area contributed by atoms with E-state index in [1.54, 1.807) is 0 Å². The Balaban J connectivity index is 4.29. The van der Waals surface area contributed by atoms with Crippen LogP contribution >= 0.6 is 0 Å². The summed E-state index contributed by atoms with van der Waals surface area (Å²) in [5.41, 5.74) is 0. The normalized spacial score (nSPS) is 13.0. The minimum atomic E-state index is -0.793. The summed E-state index contributed by atoms with van der Waals surface area (Å²) >= 11 is 0. The van der Waals surface area contributed by atoms with Gasteiger partial charge in [0.25, 0.3) is 0 Å². The topological polar surface area (TPSA) is 78.9 Å². The molecule has 0 radical (unpaired) electrons. The van der Waals surface area contributed by atoms with Crippen LogP contribution < -0.4 is 0 Å². The van der Waals surface area contributed by atoms with E-state index in [1.807, 2.05) is 0 Å². The number of hydrogen-bond donors (Lipinski definition) is 0. The molecule has 0 bridgehead atoms. The first kappa shape index (κ1) is 73.5. The van der Waals surface area contributed by atoms with E-state index >= 15 is 0 Å².